The molecule has 0 bridgehead atoms. The van der Waals surface area contributed by atoms with Crippen LogP contribution in [0.5, 0.6) is 0 Å². The number of aromatic nitrogens is 4. The minimum atomic E-state index is -0.288. The SMILES string of the molecule is Nc1nc2[nH]cnc2c(=O)n1Cc1ccccc1Cl. The number of hydrogen-bond donors (Lipinski definition) is 2. The number of nitrogens with two attached hydrogens (primary N) is 1. The smallest absolute Gasteiger partial charge is 0.283 e. The highest BCUT2D eigenvalue weighted by Gasteiger charge is 2.12. The van der Waals surface area contributed by atoms with E-state index in [0.717, 1.165) is 5.56 Å². The van der Waals surface area contributed by atoms with Gasteiger partial charge in [0.25, 0.3) is 5.56 Å². The van der Waals surface area contributed by atoms with Crippen molar-refractivity contribution < 1.29 is 0 Å². The van der Waals surface area contributed by atoms with Crippen molar-refractivity contribution in [3.63, 3.8) is 0 Å². The zero-order chi connectivity index (χ0) is 13.4. The van der Waals surface area contributed by atoms with Crippen LogP contribution in [-0.2, 0) is 6.54 Å². The molecule has 0 radical (unpaired) electrons. The molecule has 6 nitrogen and oxygen atoms in total. The van der Waals surface area contributed by atoms with Crippen molar-refractivity contribution in [2.75, 3.05) is 5.73 Å². The molecule has 0 fully saturated rings. The van der Waals surface area contributed by atoms with Gasteiger partial charge in [0.05, 0.1) is 12.9 Å². The van der Waals surface area contributed by atoms with Gasteiger partial charge in [-0.15, -0.1) is 0 Å². The first-order valence-electron chi connectivity index (χ1n) is 5.59. The predicted octanol–water partition coefficient (Wildman–Crippen LogP) is 1.40. The molecule has 0 spiro atoms. The second kappa shape index (κ2) is 4.40. The van der Waals surface area contributed by atoms with Crippen molar-refractivity contribution in [3.05, 3.63) is 51.5 Å². The van der Waals surface area contributed by atoms with Gasteiger partial charge in [0.1, 0.15) is 0 Å². The third-order valence-corrected chi connectivity index (χ3v) is 3.22. The Balaban J connectivity index is 2.15. The number of rotatable bonds is 2. The zero-order valence-corrected chi connectivity index (χ0v) is 10.6. The minimum Gasteiger partial charge on any atom is -0.369 e. The Bertz CT molecular complexity index is 807. The topological polar surface area (TPSA) is 89.6 Å². The van der Waals surface area contributed by atoms with Crippen LogP contribution in [0.4, 0.5) is 5.95 Å². The zero-order valence-electron chi connectivity index (χ0n) is 9.80. The first kappa shape index (κ1) is 11.7. The fourth-order valence-corrected chi connectivity index (χ4v) is 2.08. The predicted molar refractivity (Wildman–Crippen MR) is 73.1 cm³/mol. The summed E-state index contributed by atoms with van der Waals surface area (Å²) >= 11 is 6.08. The summed E-state index contributed by atoms with van der Waals surface area (Å²) in [5.74, 6) is 0.127. The Morgan fingerprint density at radius 2 is 2.16 bits per heavy atom. The van der Waals surface area contributed by atoms with Crippen LogP contribution in [0.2, 0.25) is 5.02 Å². The molecule has 0 atom stereocenters. The first-order valence-corrected chi connectivity index (χ1v) is 5.97. The van der Waals surface area contributed by atoms with Gasteiger partial charge in [0.15, 0.2) is 11.2 Å². The second-order valence-corrected chi connectivity index (χ2v) is 4.46. The summed E-state index contributed by atoms with van der Waals surface area (Å²) in [6.45, 7) is 0.264. The van der Waals surface area contributed by atoms with E-state index in [1.165, 1.54) is 10.9 Å². The number of fused-ring (bicyclic) bond motifs is 1. The summed E-state index contributed by atoms with van der Waals surface area (Å²) in [5.41, 5.74) is 6.97. The summed E-state index contributed by atoms with van der Waals surface area (Å²) in [6, 6.07) is 7.28. The standard InChI is InChI=1S/C12H10ClN5O/c13-8-4-2-1-3-7(8)5-18-11(19)9-10(16-6-15-9)17-12(18)14/h1-4,6H,5H2,(H2,14,17)(H,15,16). The molecule has 96 valence electrons. The number of nitrogens with zero attached hydrogens (tertiary/aromatic N) is 3. The van der Waals surface area contributed by atoms with E-state index in [-0.39, 0.29) is 23.6 Å². The molecular formula is C12H10ClN5O. The van der Waals surface area contributed by atoms with E-state index in [1.807, 2.05) is 18.2 Å². The molecular weight excluding hydrogens is 266 g/mol. The lowest BCUT2D eigenvalue weighted by Crippen LogP contribution is -2.25. The maximum absolute atomic E-state index is 12.2. The molecule has 3 rings (SSSR count). The number of H-pyrrole nitrogens is 1. The third-order valence-electron chi connectivity index (χ3n) is 2.86. The fraction of sp³-hybridized carbons (Fsp3) is 0.0833. The number of hydrogen-bond acceptors (Lipinski definition) is 4. The third kappa shape index (κ3) is 1.96. The molecule has 0 aliphatic rings. The monoisotopic (exact) mass is 275 g/mol. The van der Waals surface area contributed by atoms with Crippen molar-refractivity contribution in [1.29, 1.82) is 0 Å². The van der Waals surface area contributed by atoms with E-state index >= 15 is 0 Å². The molecule has 2 aromatic heterocycles. The van der Waals surface area contributed by atoms with E-state index in [1.54, 1.807) is 6.07 Å². The summed E-state index contributed by atoms with van der Waals surface area (Å²) in [6.07, 6.45) is 1.42. The lowest BCUT2D eigenvalue weighted by molar-refractivity contribution is 0.762. The van der Waals surface area contributed by atoms with Gasteiger partial charge in [-0.2, -0.15) is 4.98 Å². The van der Waals surface area contributed by atoms with Crippen molar-refractivity contribution in [1.82, 2.24) is 19.5 Å². The number of anilines is 1. The number of imidazole rings is 1. The average molecular weight is 276 g/mol. The van der Waals surface area contributed by atoms with E-state index in [9.17, 15) is 4.79 Å². The van der Waals surface area contributed by atoms with Crippen molar-refractivity contribution in [3.8, 4) is 0 Å². The molecule has 0 aliphatic heterocycles. The van der Waals surface area contributed by atoms with E-state index in [4.69, 9.17) is 17.3 Å². The van der Waals surface area contributed by atoms with Crippen LogP contribution < -0.4 is 11.3 Å². The number of aromatic amines is 1. The Morgan fingerprint density at radius 1 is 1.37 bits per heavy atom. The molecule has 0 saturated heterocycles. The highest BCUT2D eigenvalue weighted by Crippen LogP contribution is 2.16. The fourth-order valence-electron chi connectivity index (χ4n) is 1.89. The van der Waals surface area contributed by atoms with Gasteiger partial charge in [-0.1, -0.05) is 29.8 Å². The molecule has 2 heterocycles. The van der Waals surface area contributed by atoms with Crippen LogP contribution >= 0.6 is 11.6 Å². The van der Waals surface area contributed by atoms with E-state index in [2.05, 4.69) is 15.0 Å². The van der Waals surface area contributed by atoms with Crippen molar-refractivity contribution in [2.24, 2.45) is 0 Å². The number of benzene rings is 1. The Labute approximate surface area is 112 Å². The van der Waals surface area contributed by atoms with E-state index in [0.29, 0.717) is 10.7 Å². The van der Waals surface area contributed by atoms with Gasteiger partial charge in [0.2, 0.25) is 5.95 Å². The van der Waals surface area contributed by atoms with Crippen LogP contribution in [0.1, 0.15) is 5.56 Å². The van der Waals surface area contributed by atoms with Crippen molar-refractivity contribution >= 4 is 28.7 Å². The van der Waals surface area contributed by atoms with Gasteiger partial charge in [-0.05, 0) is 11.6 Å². The van der Waals surface area contributed by atoms with Crippen LogP contribution in [0.15, 0.2) is 35.4 Å². The van der Waals surface area contributed by atoms with Crippen molar-refractivity contribution in [2.45, 2.75) is 6.54 Å². The van der Waals surface area contributed by atoms with Gasteiger partial charge >= 0.3 is 0 Å². The highest BCUT2D eigenvalue weighted by atomic mass is 35.5. The largest absolute Gasteiger partial charge is 0.369 e. The van der Waals surface area contributed by atoms with Gasteiger partial charge in [-0.3, -0.25) is 9.36 Å². The molecule has 7 heteroatoms. The Morgan fingerprint density at radius 3 is 2.95 bits per heavy atom. The summed E-state index contributed by atoms with van der Waals surface area (Å²) in [7, 11) is 0. The number of nitrogens with one attached hydrogen (secondary N) is 1. The van der Waals surface area contributed by atoms with Crippen LogP contribution in [-0.4, -0.2) is 19.5 Å². The quantitative estimate of drug-likeness (QED) is 0.740. The van der Waals surface area contributed by atoms with Gasteiger partial charge < -0.3 is 10.7 Å². The van der Waals surface area contributed by atoms with Crippen LogP contribution in [0.25, 0.3) is 11.2 Å². The summed E-state index contributed by atoms with van der Waals surface area (Å²) in [5, 5.41) is 0.580. The molecule has 0 aliphatic carbocycles. The molecule has 0 unspecified atom stereocenters. The molecule has 0 saturated carbocycles. The molecule has 0 amide bonds. The number of halogens is 1. The summed E-state index contributed by atoms with van der Waals surface area (Å²) in [4.78, 5) is 23.1. The maximum atomic E-state index is 12.2. The maximum Gasteiger partial charge on any atom is 0.283 e. The van der Waals surface area contributed by atoms with Crippen LogP contribution in [0.3, 0.4) is 0 Å². The second-order valence-electron chi connectivity index (χ2n) is 4.05. The van der Waals surface area contributed by atoms with Gasteiger partial charge in [0, 0.05) is 5.02 Å². The molecule has 3 aromatic rings. The summed E-state index contributed by atoms with van der Waals surface area (Å²) < 4.78 is 1.35. The first-order chi connectivity index (χ1) is 9.16. The van der Waals surface area contributed by atoms with E-state index < -0.39 is 0 Å². The van der Waals surface area contributed by atoms with Gasteiger partial charge in [-0.25, -0.2) is 4.98 Å². The molecule has 1 aromatic carbocycles. The molecule has 3 N–H and O–H groups in total. The lowest BCUT2D eigenvalue weighted by Gasteiger charge is -2.09. The normalized spacial score (nSPS) is 11.0. The minimum absolute atomic E-state index is 0.127. The van der Waals surface area contributed by atoms with Crippen LogP contribution in [0, 0.1) is 0 Å². The number of nitrogen functional groups attached to an aromatic ring is 1. The molecule has 19 heavy (non-hydrogen) atoms. The highest BCUT2D eigenvalue weighted by molar-refractivity contribution is 6.31. The lowest BCUT2D eigenvalue weighted by atomic mass is 10.2. The Kier molecular flexibility index (Phi) is 2.72. The Hall–Kier alpha value is -2.34. The average Bonchev–Trinajstić information content (AvgIpc) is 2.84.